The molecule has 1 saturated carbocycles. The fourth-order valence-corrected chi connectivity index (χ4v) is 2.72. The van der Waals surface area contributed by atoms with Crippen molar-refractivity contribution in [3.8, 4) is 0 Å². The molecule has 0 bridgehead atoms. The topological polar surface area (TPSA) is 43.1 Å². The van der Waals surface area contributed by atoms with Gasteiger partial charge in [0.15, 0.2) is 0 Å². The van der Waals surface area contributed by atoms with Crippen molar-refractivity contribution in [1.82, 2.24) is 0 Å². The van der Waals surface area contributed by atoms with E-state index >= 15 is 0 Å². The Morgan fingerprint density at radius 2 is 1.59 bits per heavy atom. The molecule has 2 nitrogen and oxygen atoms in total. The number of hydrogen-bond donors (Lipinski definition) is 1. The Morgan fingerprint density at radius 1 is 1.00 bits per heavy atom. The second-order valence-corrected chi connectivity index (χ2v) is 5.60. The van der Waals surface area contributed by atoms with E-state index in [4.69, 9.17) is 5.73 Å². The van der Waals surface area contributed by atoms with Gasteiger partial charge in [0.1, 0.15) is 5.78 Å². The zero-order valence-electron chi connectivity index (χ0n) is 11.4. The van der Waals surface area contributed by atoms with Gasteiger partial charge in [0.05, 0.1) is 0 Å². The zero-order valence-corrected chi connectivity index (χ0v) is 11.4. The molecule has 0 radical (unpaired) electrons. The van der Waals surface area contributed by atoms with Crippen LogP contribution in [0.3, 0.4) is 0 Å². The number of carbonyl (C=O) groups is 1. The lowest BCUT2D eigenvalue weighted by Gasteiger charge is -2.24. The van der Waals surface area contributed by atoms with Crippen LogP contribution in [0.4, 0.5) is 0 Å². The summed E-state index contributed by atoms with van der Waals surface area (Å²) in [5, 5.41) is 0. The Balaban J connectivity index is 2.01. The first-order chi connectivity index (χ1) is 8.24. The number of unbranched alkanes of at least 4 members (excludes halogenated alkanes) is 5. The van der Waals surface area contributed by atoms with Crippen LogP contribution in [0.1, 0.15) is 77.6 Å². The highest BCUT2D eigenvalue weighted by molar-refractivity contribution is 5.81. The van der Waals surface area contributed by atoms with Gasteiger partial charge in [0, 0.05) is 18.4 Å². The van der Waals surface area contributed by atoms with Gasteiger partial charge in [0.2, 0.25) is 0 Å². The summed E-state index contributed by atoms with van der Waals surface area (Å²) in [4.78, 5) is 12.0. The standard InChI is InChI=1S/C15H29NO/c1-2-3-4-5-6-7-8-15(17)13-9-11-14(16)12-10-13/h13-14H,2-12,16H2,1H3. The van der Waals surface area contributed by atoms with Crippen LogP contribution in [0.15, 0.2) is 0 Å². The minimum absolute atomic E-state index is 0.338. The molecule has 1 aliphatic rings. The van der Waals surface area contributed by atoms with E-state index in [9.17, 15) is 4.79 Å². The number of Topliss-reactive ketones (excluding diaryl/α,β-unsaturated/α-hetero) is 1. The second kappa shape index (κ2) is 8.68. The molecule has 1 rings (SSSR count). The van der Waals surface area contributed by atoms with Crippen molar-refractivity contribution in [3.05, 3.63) is 0 Å². The zero-order chi connectivity index (χ0) is 12.5. The maximum atomic E-state index is 12.0. The third-order valence-corrected chi connectivity index (χ3v) is 4.00. The van der Waals surface area contributed by atoms with Crippen LogP contribution in [-0.4, -0.2) is 11.8 Å². The fourth-order valence-electron chi connectivity index (χ4n) is 2.72. The van der Waals surface area contributed by atoms with Gasteiger partial charge in [0.25, 0.3) is 0 Å². The van der Waals surface area contributed by atoms with Crippen LogP contribution in [0.25, 0.3) is 0 Å². The maximum Gasteiger partial charge on any atom is 0.135 e. The van der Waals surface area contributed by atoms with Gasteiger partial charge >= 0.3 is 0 Å². The first-order valence-electron chi connectivity index (χ1n) is 7.52. The highest BCUT2D eigenvalue weighted by atomic mass is 16.1. The Bertz CT molecular complexity index is 207. The van der Waals surface area contributed by atoms with Crippen molar-refractivity contribution in [3.63, 3.8) is 0 Å². The van der Waals surface area contributed by atoms with Crippen LogP contribution < -0.4 is 5.73 Å². The fraction of sp³-hybridized carbons (Fsp3) is 0.933. The van der Waals surface area contributed by atoms with Gasteiger partial charge in [-0.1, -0.05) is 39.0 Å². The van der Waals surface area contributed by atoms with Gasteiger partial charge in [-0.05, 0) is 32.1 Å². The van der Waals surface area contributed by atoms with Crippen LogP contribution in [0.2, 0.25) is 0 Å². The van der Waals surface area contributed by atoms with Crippen molar-refractivity contribution in [2.24, 2.45) is 11.7 Å². The van der Waals surface area contributed by atoms with Crippen LogP contribution in [-0.2, 0) is 4.79 Å². The first kappa shape index (κ1) is 14.7. The molecule has 0 aromatic carbocycles. The Labute approximate surface area is 106 Å². The van der Waals surface area contributed by atoms with Gasteiger partial charge in [-0.2, -0.15) is 0 Å². The number of nitrogens with two attached hydrogens (primary N) is 1. The monoisotopic (exact) mass is 239 g/mol. The SMILES string of the molecule is CCCCCCCCC(=O)C1CCC(N)CC1. The van der Waals surface area contributed by atoms with Crippen molar-refractivity contribution in [2.45, 2.75) is 83.6 Å². The van der Waals surface area contributed by atoms with Crippen molar-refractivity contribution in [2.75, 3.05) is 0 Å². The molecule has 0 aliphatic heterocycles. The molecule has 2 heteroatoms. The van der Waals surface area contributed by atoms with Gasteiger partial charge in [-0.15, -0.1) is 0 Å². The normalized spacial score (nSPS) is 24.8. The van der Waals surface area contributed by atoms with E-state index in [2.05, 4.69) is 6.92 Å². The molecule has 100 valence electrons. The Hall–Kier alpha value is -0.370. The van der Waals surface area contributed by atoms with E-state index in [-0.39, 0.29) is 0 Å². The highest BCUT2D eigenvalue weighted by Gasteiger charge is 2.23. The molecule has 2 N–H and O–H groups in total. The van der Waals surface area contributed by atoms with Crippen LogP contribution in [0.5, 0.6) is 0 Å². The van der Waals surface area contributed by atoms with E-state index < -0.39 is 0 Å². The van der Waals surface area contributed by atoms with Gasteiger partial charge in [-0.25, -0.2) is 0 Å². The van der Waals surface area contributed by atoms with E-state index in [0.717, 1.165) is 38.5 Å². The maximum absolute atomic E-state index is 12.0. The van der Waals surface area contributed by atoms with Gasteiger partial charge in [-0.3, -0.25) is 4.79 Å². The molecule has 0 atom stereocenters. The molecule has 0 spiro atoms. The third kappa shape index (κ3) is 6.21. The quantitative estimate of drug-likeness (QED) is 0.654. The molecule has 0 aromatic heterocycles. The van der Waals surface area contributed by atoms with Crippen LogP contribution in [0, 0.1) is 5.92 Å². The summed E-state index contributed by atoms with van der Waals surface area (Å²) >= 11 is 0. The first-order valence-corrected chi connectivity index (χ1v) is 7.52. The molecular weight excluding hydrogens is 210 g/mol. The highest BCUT2D eigenvalue weighted by Crippen LogP contribution is 2.25. The van der Waals surface area contributed by atoms with E-state index in [0.29, 0.717) is 17.7 Å². The van der Waals surface area contributed by atoms with Crippen molar-refractivity contribution in [1.29, 1.82) is 0 Å². The molecule has 0 saturated heterocycles. The second-order valence-electron chi connectivity index (χ2n) is 5.60. The Morgan fingerprint density at radius 3 is 2.24 bits per heavy atom. The lowest BCUT2D eigenvalue weighted by Crippen LogP contribution is -2.29. The molecule has 0 unspecified atom stereocenters. The van der Waals surface area contributed by atoms with Crippen LogP contribution >= 0.6 is 0 Å². The summed E-state index contributed by atoms with van der Waals surface area (Å²) in [7, 11) is 0. The molecule has 0 heterocycles. The number of hydrogen-bond acceptors (Lipinski definition) is 2. The predicted octanol–water partition coefficient (Wildman–Crippen LogP) is 3.82. The molecule has 17 heavy (non-hydrogen) atoms. The summed E-state index contributed by atoms with van der Waals surface area (Å²) in [6, 6.07) is 0.355. The van der Waals surface area contributed by atoms with E-state index in [1.807, 2.05) is 0 Å². The average molecular weight is 239 g/mol. The molecule has 0 amide bonds. The molecule has 0 aromatic rings. The summed E-state index contributed by atoms with van der Waals surface area (Å²) in [5.41, 5.74) is 5.85. The van der Waals surface area contributed by atoms with Crippen molar-refractivity contribution < 1.29 is 4.79 Å². The minimum Gasteiger partial charge on any atom is -0.328 e. The number of ketones is 1. The smallest absolute Gasteiger partial charge is 0.135 e. The largest absolute Gasteiger partial charge is 0.328 e. The molecule has 1 aliphatic carbocycles. The van der Waals surface area contributed by atoms with Crippen molar-refractivity contribution >= 4 is 5.78 Å². The van der Waals surface area contributed by atoms with E-state index in [1.54, 1.807) is 0 Å². The summed E-state index contributed by atoms with van der Waals surface area (Å²) in [6.45, 7) is 2.23. The average Bonchev–Trinajstić information content (AvgIpc) is 2.34. The third-order valence-electron chi connectivity index (χ3n) is 4.00. The number of carbonyl (C=O) groups excluding carboxylic acids is 1. The lowest BCUT2D eigenvalue weighted by atomic mass is 9.82. The Kier molecular flexibility index (Phi) is 7.50. The molecular formula is C15H29NO. The summed E-state index contributed by atoms with van der Waals surface area (Å²) in [6.07, 6.45) is 12.6. The predicted molar refractivity (Wildman–Crippen MR) is 72.9 cm³/mol. The van der Waals surface area contributed by atoms with E-state index in [1.165, 1.54) is 32.1 Å². The van der Waals surface area contributed by atoms with Gasteiger partial charge < -0.3 is 5.73 Å². The minimum atomic E-state index is 0.338. The number of rotatable bonds is 8. The summed E-state index contributed by atoms with van der Waals surface area (Å²) in [5.74, 6) is 0.845. The molecule has 1 fully saturated rings. The lowest BCUT2D eigenvalue weighted by molar-refractivity contribution is -0.123. The summed E-state index contributed by atoms with van der Waals surface area (Å²) < 4.78 is 0.